The molecule has 0 N–H and O–H groups in total. The molecule has 4 bridgehead atoms. The summed E-state index contributed by atoms with van der Waals surface area (Å²) in [4.78, 5) is 26.3. The van der Waals surface area contributed by atoms with Gasteiger partial charge in [0.25, 0.3) is 0 Å². The van der Waals surface area contributed by atoms with Crippen LogP contribution in [-0.4, -0.2) is 48.5 Å². The Morgan fingerprint density at radius 1 is 1.11 bits per heavy atom. The molecule has 0 saturated heterocycles. The highest BCUT2D eigenvalue weighted by atomic mass is 32.2. The Bertz CT molecular complexity index is 1140. The van der Waals surface area contributed by atoms with E-state index in [1.54, 1.807) is 0 Å². The Morgan fingerprint density at radius 2 is 1.78 bits per heavy atom. The monoisotopic (exact) mass is 523 g/mol. The summed E-state index contributed by atoms with van der Waals surface area (Å²) in [6.07, 6.45) is 7.39. The predicted molar refractivity (Wildman–Crippen MR) is 125 cm³/mol. The number of hydrogen-bond acceptors (Lipinski definition) is 8. The molecule has 0 amide bonds. The van der Waals surface area contributed by atoms with E-state index in [1.165, 1.54) is 18.2 Å². The highest BCUT2D eigenvalue weighted by molar-refractivity contribution is 7.85. The Hall–Kier alpha value is -2.20. The second-order valence-corrected chi connectivity index (χ2v) is 13.1. The van der Waals surface area contributed by atoms with Crippen molar-refractivity contribution in [3.05, 3.63) is 29.6 Å². The molecule has 10 heteroatoms. The largest absolute Gasteiger partial charge is 0.748 e. The highest BCUT2D eigenvalue weighted by Gasteiger charge is 2.63. The van der Waals surface area contributed by atoms with Gasteiger partial charge in [0.15, 0.2) is 11.6 Å². The Labute approximate surface area is 210 Å². The van der Waals surface area contributed by atoms with Crippen molar-refractivity contribution < 1.29 is 41.2 Å². The molecule has 0 heterocycles. The number of rotatable bonds is 8. The van der Waals surface area contributed by atoms with Crippen LogP contribution >= 0.6 is 0 Å². The van der Waals surface area contributed by atoms with Gasteiger partial charge in [-0.1, -0.05) is 0 Å². The van der Waals surface area contributed by atoms with Crippen LogP contribution in [-0.2, 0) is 24.4 Å². The smallest absolute Gasteiger partial charge is 0.338 e. The molecule has 0 radical (unpaired) electrons. The van der Waals surface area contributed by atoms with Gasteiger partial charge in [0, 0.05) is 6.42 Å². The first-order chi connectivity index (χ1) is 16.9. The van der Waals surface area contributed by atoms with Gasteiger partial charge >= 0.3 is 11.9 Å². The molecule has 1 aromatic carbocycles. The summed E-state index contributed by atoms with van der Waals surface area (Å²) in [6.45, 7) is 1.47. The van der Waals surface area contributed by atoms with Crippen molar-refractivity contribution in [2.24, 2.45) is 17.3 Å². The molecule has 5 saturated carbocycles. The van der Waals surface area contributed by atoms with E-state index in [1.807, 2.05) is 6.92 Å². The topological polar surface area (TPSA) is 119 Å². The standard InChI is InChI=1S/C26H33FO8S/c1-24(6-2-3-7-24)34-21-11-19(4-5-20(21)27)22(28)35-26-14-17-10-18(15-26)13-25(12-17,16-26)23(29)33-8-9-36(30,31)32/h4-5,11,17-18H,2-3,6-10,12-16H2,1H3,(H,30,31,32)/p-1. The van der Waals surface area contributed by atoms with Gasteiger partial charge in [-0.3, -0.25) is 4.79 Å². The summed E-state index contributed by atoms with van der Waals surface area (Å²) in [7, 11) is -4.49. The number of benzene rings is 1. The summed E-state index contributed by atoms with van der Waals surface area (Å²) < 4.78 is 64.5. The fourth-order valence-corrected chi connectivity index (χ4v) is 7.67. The van der Waals surface area contributed by atoms with Crippen molar-refractivity contribution >= 4 is 22.1 Å². The zero-order valence-electron chi connectivity index (χ0n) is 20.4. The quantitative estimate of drug-likeness (QED) is 0.369. The predicted octanol–water partition coefficient (Wildman–Crippen LogP) is 4.12. The molecule has 5 aliphatic carbocycles. The first kappa shape index (κ1) is 25.4. The van der Waals surface area contributed by atoms with E-state index in [4.69, 9.17) is 14.2 Å². The van der Waals surface area contributed by atoms with E-state index in [9.17, 15) is 27.0 Å². The van der Waals surface area contributed by atoms with E-state index in [0.29, 0.717) is 32.1 Å². The molecular weight excluding hydrogens is 491 g/mol. The summed E-state index contributed by atoms with van der Waals surface area (Å²) in [5.41, 5.74) is -1.95. The Balaban J connectivity index is 1.31. The SMILES string of the molecule is CC1(Oc2cc(C(=O)OC34CC5CC(C3)CC(C(=O)OCCS(=O)(=O)[O-])(C5)C4)ccc2F)CCCC1. The molecule has 2 unspecified atom stereocenters. The van der Waals surface area contributed by atoms with Crippen molar-refractivity contribution in [3.8, 4) is 5.75 Å². The van der Waals surface area contributed by atoms with Crippen LogP contribution in [0.4, 0.5) is 4.39 Å². The maximum absolute atomic E-state index is 14.5. The minimum atomic E-state index is -4.49. The fourth-order valence-electron chi connectivity index (χ4n) is 7.38. The average Bonchev–Trinajstić information content (AvgIpc) is 3.19. The maximum Gasteiger partial charge on any atom is 0.338 e. The first-order valence-corrected chi connectivity index (χ1v) is 14.3. The molecule has 5 fully saturated rings. The van der Waals surface area contributed by atoms with Gasteiger partial charge in [0.1, 0.15) is 17.8 Å². The third kappa shape index (κ3) is 5.11. The lowest BCUT2D eigenvalue weighted by Crippen LogP contribution is -2.60. The minimum Gasteiger partial charge on any atom is -0.748 e. The molecule has 0 aliphatic heterocycles. The molecule has 198 valence electrons. The Kier molecular flexibility index (Phi) is 6.34. The number of carbonyl (C=O) groups excluding carboxylic acids is 2. The molecule has 6 rings (SSSR count). The van der Waals surface area contributed by atoms with Crippen molar-refractivity contribution in [2.75, 3.05) is 12.4 Å². The lowest BCUT2D eigenvalue weighted by Gasteiger charge is -2.59. The van der Waals surface area contributed by atoms with Crippen LogP contribution in [0.3, 0.4) is 0 Å². The van der Waals surface area contributed by atoms with E-state index < -0.39 is 56.9 Å². The van der Waals surface area contributed by atoms with Gasteiger partial charge in [-0.05, 0) is 94.7 Å². The van der Waals surface area contributed by atoms with Crippen LogP contribution in [0.1, 0.15) is 81.5 Å². The first-order valence-electron chi connectivity index (χ1n) is 12.7. The lowest BCUT2D eigenvalue weighted by atomic mass is 9.48. The zero-order valence-corrected chi connectivity index (χ0v) is 21.2. The third-order valence-corrected chi connectivity index (χ3v) is 9.17. The van der Waals surface area contributed by atoms with E-state index in [2.05, 4.69) is 0 Å². The fraction of sp³-hybridized carbons (Fsp3) is 0.692. The number of carbonyl (C=O) groups is 2. The van der Waals surface area contributed by atoms with Crippen LogP contribution in [0.15, 0.2) is 18.2 Å². The second kappa shape index (κ2) is 8.97. The molecule has 0 aromatic heterocycles. The molecular formula is C26H32FO8S-. The van der Waals surface area contributed by atoms with Gasteiger partial charge in [-0.15, -0.1) is 0 Å². The molecule has 36 heavy (non-hydrogen) atoms. The number of ether oxygens (including phenoxy) is 3. The van der Waals surface area contributed by atoms with Crippen LogP contribution in [0.25, 0.3) is 0 Å². The maximum atomic E-state index is 14.5. The van der Waals surface area contributed by atoms with Gasteiger partial charge in [-0.25, -0.2) is 17.6 Å². The van der Waals surface area contributed by atoms with Gasteiger partial charge in [0.2, 0.25) is 0 Å². The lowest BCUT2D eigenvalue weighted by molar-refractivity contribution is -0.196. The van der Waals surface area contributed by atoms with Gasteiger partial charge in [-0.2, -0.15) is 0 Å². The van der Waals surface area contributed by atoms with Crippen LogP contribution in [0.2, 0.25) is 0 Å². The summed E-state index contributed by atoms with van der Waals surface area (Å²) in [6, 6.07) is 4.00. The summed E-state index contributed by atoms with van der Waals surface area (Å²) >= 11 is 0. The van der Waals surface area contributed by atoms with E-state index in [-0.39, 0.29) is 23.1 Å². The van der Waals surface area contributed by atoms with Crippen molar-refractivity contribution in [3.63, 3.8) is 0 Å². The van der Waals surface area contributed by atoms with Gasteiger partial charge < -0.3 is 18.8 Å². The van der Waals surface area contributed by atoms with E-state index in [0.717, 1.165) is 32.1 Å². The molecule has 8 nitrogen and oxygen atoms in total. The normalized spacial score (nSPS) is 32.3. The number of esters is 2. The molecule has 5 aliphatic rings. The second-order valence-electron chi connectivity index (χ2n) is 11.6. The highest BCUT2D eigenvalue weighted by Crippen LogP contribution is 2.63. The van der Waals surface area contributed by atoms with Crippen LogP contribution in [0.5, 0.6) is 5.75 Å². The summed E-state index contributed by atoms with van der Waals surface area (Å²) in [5, 5.41) is 0. The minimum absolute atomic E-state index is 0.0349. The van der Waals surface area contributed by atoms with Crippen LogP contribution < -0.4 is 4.74 Å². The zero-order chi connectivity index (χ0) is 25.8. The van der Waals surface area contributed by atoms with Gasteiger partial charge in [0.05, 0.1) is 26.8 Å². The van der Waals surface area contributed by atoms with E-state index >= 15 is 0 Å². The van der Waals surface area contributed by atoms with Crippen molar-refractivity contribution in [2.45, 2.75) is 82.3 Å². The summed E-state index contributed by atoms with van der Waals surface area (Å²) in [5.74, 6) is -2.00. The Morgan fingerprint density at radius 3 is 2.42 bits per heavy atom. The average molecular weight is 524 g/mol. The molecule has 2 atom stereocenters. The number of hydrogen-bond donors (Lipinski definition) is 0. The van der Waals surface area contributed by atoms with Crippen LogP contribution in [0, 0.1) is 23.1 Å². The molecule has 1 aromatic rings. The van der Waals surface area contributed by atoms with Crippen molar-refractivity contribution in [1.82, 2.24) is 0 Å². The van der Waals surface area contributed by atoms with Crippen molar-refractivity contribution in [1.29, 1.82) is 0 Å². The third-order valence-electron chi connectivity index (χ3n) is 8.50. The molecule has 0 spiro atoms. The number of halogens is 1.